The Hall–Kier alpha value is -4.05. The van der Waals surface area contributed by atoms with Crippen molar-refractivity contribution in [3.63, 3.8) is 0 Å². The number of carbonyl (C=O) groups excluding carboxylic acids is 2. The van der Waals surface area contributed by atoms with Crippen LogP contribution in [0.5, 0.6) is 5.75 Å². The summed E-state index contributed by atoms with van der Waals surface area (Å²) in [6.07, 6.45) is 0. The average Bonchev–Trinajstić information content (AvgIpc) is 3.28. The van der Waals surface area contributed by atoms with Crippen molar-refractivity contribution >= 4 is 44.8 Å². The number of aryl methyl sites for hydroxylation is 1. The highest BCUT2D eigenvalue weighted by Gasteiger charge is 2.22. The molecule has 0 aliphatic carbocycles. The third kappa shape index (κ3) is 4.33. The van der Waals surface area contributed by atoms with Gasteiger partial charge in [0.2, 0.25) is 5.91 Å². The van der Waals surface area contributed by atoms with E-state index < -0.39 is 5.97 Å². The number of methoxy groups -OCH3 is 1. The second-order valence-corrected chi connectivity index (χ2v) is 7.88. The third-order valence-corrected chi connectivity index (χ3v) is 5.75. The molecule has 33 heavy (non-hydrogen) atoms. The lowest BCUT2D eigenvalue weighted by atomic mass is 10.1. The molecule has 10 heteroatoms. The molecule has 9 nitrogen and oxygen atoms in total. The smallest absolute Gasteiger partial charge is 0.359 e. The number of esters is 1. The fourth-order valence-corrected chi connectivity index (χ4v) is 4.21. The van der Waals surface area contributed by atoms with Gasteiger partial charge in [-0.25, -0.2) is 14.5 Å². The molecule has 2 aromatic heterocycles. The van der Waals surface area contributed by atoms with Crippen LogP contribution in [0.15, 0.2) is 58.7 Å². The van der Waals surface area contributed by atoms with E-state index in [9.17, 15) is 14.4 Å². The summed E-state index contributed by atoms with van der Waals surface area (Å²) in [6, 6.07) is 13.9. The number of anilines is 2. The van der Waals surface area contributed by atoms with E-state index in [1.165, 1.54) is 37.3 Å². The van der Waals surface area contributed by atoms with Crippen LogP contribution in [-0.4, -0.2) is 33.8 Å². The van der Waals surface area contributed by atoms with E-state index in [4.69, 9.17) is 9.47 Å². The van der Waals surface area contributed by atoms with E-state index in [2.05, 4.69) is 10.1 Å². The van der Waals surface area contributed by atoms with Crippen molar-refractivity contribution < 1.29 is 19.1 Å². The minimum atomic E-state index is -0.676. The fourth-order valence-electron chi connectivity index (χ4n) is 3.35. The maximum atomic E-state index is 12.7. The summed E-state index contributed by atoms with van der Waals surface area (Å²) in [6.45, 7) is 1.32. The van der Waals surface area contributed by atoms with Crippen LogP contribution in [0.2, 0.25) is 0 Å². The van der Waals surface area contributed by atoms with Crippen LogP contribution in [0.4, 0.5) is 10.8 Å². The average molecular weight is 465 g/mol. The van der Waals surface area contributed by atoms with Crippen LogP contribution in [0, 0.1) is 0 Å². The number of ether oxygens (including phenoxy) is 2. The number of hydrogen-bond acceptors (Lipinski definition) is 8. The van der Waals surface area contributed by atoms with Gasteiger partial charge in [-0.1, -0.05) is 30.3 Å². The number of carbonyl (C=O) groups is 2. The van der Waals surface area contributed by atoms with Gasteiger partial charge < -0.3 is 9.47 Å². The lowest BCUT2D eigenvalue weighted by Gasteiger charge is -2.20. The molecule has 2 heterocycles. The molecule has 4 aromatic rings. The lowest BCUT2D eigenvalue weighted by molar-refractivity contribution is -0.115. The second kappa shape index (κ2) is 9.21. The predicted octanol–water partition coefficient (Wildman–Crippen LogP) is 3.44. The maximum absolute atomic E-state index is 12.7. The fraction of sp³-hybridized carbons (Fsp3) is 0.174. The summed E-state index contributed by atoms with van der Waals surface area (Å²) < 4.78 is 11.9. The minimum absolute atomic E-state index is 0.0440. The van der Waals surface area contributed by atoms with Crippen LogP contribution in [0.3, 0.4) is 0 Å². The topological polar surface area (TPSA) is 104 Å². The van der Waals surface area contributed by atoms with Gasteiger partial charge in [-0.2, -0.15) is 5.10 Å². The number of thiazole rings is 1. The first-order valence-electron chi connectivity index (χ1n) is 9.92. The van der Waals surface area contributed by atoms with Crippen LogP contribution >= 0.6 is 11.3 Å². The van der Waals surface area contributed by atoms with Crippen molar-refractivity contribution in [2.75, 3.05) is 12.0 Å². The van der Waals surface area contributed by atoms with Gasteiger partial charge in [0.05, 0.1) is 23.9 Å². The monoisotopic (exact) mass is 464 g/mol. The molecule has 0 N–H and O–H groups in total. The first-order chi connectivity index (χ1) is 15.9. The summed E-state index contributed by atoms with van der Waals surface area (Å²) in [5, 5.41) is 7.00. The Balaban J connectivity index is 1.57. The Kier molecular flexibility index (Phi) is 6.18. The highest BCUT2D eigenvalue weighted by atomic mass is 32.1. The molecular weight excluding hydrogens is 444 g/mol. The summed E-state index contributed by atoms with van der Waals surface area (Å²) in [4.78, 5) is 43.3. The van der Waals surface area contributed by atoms with Crippen molar-refractivity contribution in [1.82, 2.24) is 14.8 Å². The van der Waals surface area contributed by atoms with E-state index in [1.807, 2.05) is 6.07 Å². The molecule has 2 aromatic carbocycles. The maximum Gasteiger partial charge on any atom is 0.359 e. The van der Waals surface area contributed by atoms with E-state index >= 15 is 0 Å². The first-order valence-corrected chi connectivity index (χ1v) is 10.8. The normalized spacial score (nSPS) is 10.8. The quantitative estimate of drug-likeness (QED) is 0.403. The van der Waals surface area contributed by atoms with E-state index in [0.29, 0.717) is 33.0 Å². The van der Waals surface area contributed by atoms with Crippen LogP contribution in [-0.2, 0) is 23.2 Å². The molecule has 0 atom stereocenters. The van der Waals surface area contributed by atoms with E-state index in [1.54, 1.807) is 47.8 Å². The number of aromatic nitrogens is 3. The molecule has 0 radical (unpaired) electrons. The van der Waals surface area contributed by atoms with Crippen molar-refractivity contribution in [1.29, 1.82) is 0 Å². The Bertz CT molecular complexity index is 1410. The molecule has 0 unspecified atom stereocenters. The van der Waals surface area contributed by atoms with E-state index in [-0.39, 0.29) is 23.8 Å². The Labute approximate surface area is 192 Å². The third-order valence-electron chi connectivity index (χ3n) is 4.87. The van der Waals surface area contributed by atoms with E-state index in [0.717, 1.165) is 4.68 Å². The molecule has 0 fully saturated rings. The number of para-hydroxylation sites is 2. The Morgan fingerprint density at radius 3 is 2.52 bits per heavy atom. The number of hydrogen-bond donors (Lipinski definition) is 0. The van der Waals surface area contributed by atoms with Gasteiger partial charge >= 0.3 is 5.97 Å². The molecule has 0 saturated heterocycles. The molecule has 0 spiro atoms. The zero-order valence-electron chi connectivity index (χ0n) is 18.1. The highest BCUT2D eigenvalue weighted by molar-refractivity contribution is 7.14. The van der Waals surface area contributed by atoms with Gasteiger partial charge in [-0.3, -0.25) is 14.5 Å². The number of amides is 1. The Morgan fingerprint density at radius 2 is 1.79 bits per heavy atom. The van der Waals surface area contributed by atoms with Crippen molar-refractivity contribution in [2.24, 2.45) is 7.05 Å². The molecular formula is C23H20N4O5S. The van der Waals surface area contributed by atoms with Crippen molar-refractivity contribution in [3.05, 3.63) is 75.7 Å². The predicted molar refractivity (Wildman–Crippen MR) is 124 cm³/mol. The number of nitrogens with zero attached hydrogens (tertiary/aromatic N) is 4. The molecule has 0 aliphatic rings. The number of rotatable bonds is 6. The summed E-state index contributed by atoms with van der Waals surface area (Å²) in [5.74, 6) is -0.383. The van der Waals surface area contributed by atoms with Gasteiger partial charge in [0.25, 0.3) is 5.56 Å². The second-order valence-electron chi connectivity index (χ2n) is 7.05. The largest absolute Gasteiger partial charge is 0.495 e. The highest BCUT2D eigenvalue weighted by Crippen LogP contribution is 2.35. The van der Waals surface area contributed by atoms with Gasteiger partial charge in [-0.05, 0) is 18.2 Å². The van der Waals surface area contributed by atoms with Crippen molar-refractivity contribution in [2.45, 2.75) is 13.5 Å². The molecule has 0 aliphatic heterocycles. The standard InChI is InChI=1S/C23H20N4O5S/c1-14(28)27(18-10-6-7-11-19(18)31-3)23-24-15(13-33-23)12-32-22(30)20-16-8-4-5-9-17(16)21(29)26(2)25-20/h4-11,13H,12H2,1-3H3. The Morgan fingerprint density at radius 1 is 1.09 bits per heavy atom. The van der Waals surface area contributed by atoms with Crippen LogP contribution in [0.1, 0.15) is 23.1 Å². The van der Waals surface area contributed by atoms with Gasteiger partial charge in [0.1, 0.15) is 12.4 Å². The zero-order valence-corrected chi connectivity index (χ0v) is 19.0. The number of benzene rings is 2. The molecule has 1 amide bonds. The summed E-state index contributed by atoms with van der Waals surface area (Å²) in [5.41, 5.74) is 0.777. The van der Waals surface area contributed by atoms with Crippen molar-refractivity contribution in [3.8, 4) is 5.75 Å². The van der Waals surface area contributed by atoms with Gasteiger partial charge in [0.15, 0.2) is 10.8 Å². The first kappa shape index (κ1) is 22.2. The minimum Gasteiger partial charge on any atom is -0.495 e. The molecule has 0 saturated carbocycles. The van der Waals surface area contributed by atoms with Gasteiger partial charge in [0, 0.05) is 24.7 Å². The zero-order chi connectivity index (χ0) is 23.5. The molecule has 0 bridgehead atoms. The molecule has 4 rings (SSSR count). The summed E-state index contributed by atoms with van der Waals surface area (Å²) in [7, 11) is 3.01. The molecule has 168 valence electrons. The van der Waals surface area contributed by atoms with Crippen LogP contribution < -0.4 is 15.2 Å². The number of fused-ring (bicyclic) bond motifs is 1. The van der Waals surface area contributed by atoms with Gasteiger partial charge in [-0.15, -0.1) is 11.3 Å². The SMILES string of the molecule is COc1ccccc1N(C(C)=O)c1nc(COC(=O)c2nn(C)c(=O)c3ccccc23)cs1. The summed E-state index contributed by atoms with van der Waals surface area (Å²) >= 11 is 1.24. The lowest BCUT2D eigenvalue weighted by Crippen LogP contribution is -2.24. The van der Waals surface area contributed by atoms with Crippen LogP contribution in [0.25, 0.3) is 10.8 Å².